The maximum absolute atomic E-state index is 12.3. The van der Waals surface area contributed by atoms with Crippen LogP contribution in [-0.4, -0.2) is 44.7 Å². The predicted molar refractivity (Wildman–Crippen MR) is 132 cm³/mol. The van der Waals surface area contributed by atoms with Gasteiger partial charge in [-0.25, -0.2) is 4.79 Å². The molecule has 4 aromatic rings. The van der Waals surface area contributed by atoms with E-state index in [9.17, 15) is 19.8 Å². The van der Waals surface area contributed by atoms with Gasteiger partial charge in [-0.15, -0.1) is 0 Å². The molecule has 3 N–H and O–H groups in total. The zero-order valence-corrected chi connectivity index (χ0v) is 19.3. The predicted octanol–water partition coefficient (Wildman–Crippen LogP) is 2.16. The average Bonchev–Trinajstić information content (AvgIpc) is 3.19. The van der Waals surface area contributed by atoms with Crippen LogP contribution in [0, 0.1) is 0 Å². The minimum atomic E-state index is -1.40. The van der Waals surface area contributed by atoms with E-state index in [1.165, 1.54) is 6.20 Å². The third kappa shape index (κ3) is 4.31. The van der Waals surface area contributed by atoms with E-state index in [2.05, 4.69) is 4.98 Å². The minimum absolute atomic E-state index is 0.0918. The molecule has 0 bridgehead atoms. The van der Waals surface area contributed by atoms with Crippen LogP contribution in [0.3, 0.4) is 0 Å². The summed E-state index contributed by atoms with van der Waals surface area (Å²) in [7, 11) is 0. The van der Waals surface area contributed by atoms with E-state index in [1.807, 2.05) is 91.0 Å². The van der Waals surface area contributed by atoms with Gasteiger partial charge in [-0.2, -0.15) is 0 Å². The third-order valence-electron chi connectivity index (χ3n) is 6.47. The van der Waals surface area contributed by atoms with Gasteiger partial charge in [0.15, 0.2) is 6.23 Å². The molecular formula is C28H26N2O6. The number of ether oxygens (including phenoxy) is 2. The van der Waals surface area contributed by atoms with E-state index in [1.54, 1.807) is 0 Å². The molecule has 0 amide bonds. The Bertz CT molecular complexity index is 1310. The number of aliphatic hydroxyl groups excluding tert-OH is 2. The average molecular weight is 487 g/mol. The van der Waals surface area contributed by atoms with Crippen molar-refractivity contribution in [1.82, 2.24) is 9.55 Å². The van der Waals surface area contributed by atoms with Crippen molar-refractivity contribution >= 4 is 0 Å². The second kappa shape index (κ2) is 10.0. The van der Waals surface area contributed by atoms with Crippen LogP contribution in [0.15, 0.2) is 113 Å². The van der Waals surface area contributed by atoms with Gasteiger partial charge in [0.25, 0.3) is 5.56 Å². The SMILES string of the molecule is O=c1ccn([C@@H]2O[C@@H](COC(c3ccccc3)(c3ccccc3)c3ccccc3)[C@H](O)[C@@H]2O)c(=O)[nH]1. The summed E-state index contributed by atoms with van der Waals surface area (Å²) in [5.74, 6) is 0. The highest BCUT2D eigenvalue weighted by Crippen LogP contribution is 2.41. The van der Waals surface area contributed by atoms with Crippen LogP contribution in [0.4, 0.5) is 0 Å². The molecule has 1 aromatic heterocycles. The molecule has 3 aromatic carbocycles. The fourth-order valence-electron chi connectivity index (χ4n) is 4.70. The number of rotatable bonds is 7. The number of benzene rings is 3. The van der Waals surface area contributed by atoms with Crippen LogP contribution >= 0.6 is 0 Å². The monoisotopic (exact) mass is 486 g/mol. The lowest BCUT2D eigenvalue weighted by Crippen LogP contribution is -2.40. The van der Waals surface area contributed by atoms with Crippen LogP contribution in [-0.2, 0) is 15.1 Å². The number of nitrogens with zero attached hydrogens (tertiary/aromatic N) is 1. The summed E-state index contributed by atoms with van der Waals surface area (Å²) in [6.07, 6.45) is -3.62. The summed E-state index contributed by atoms with van der Waals surface area (Å²) in [4.78, 5) is 25.8. The number of aliphatic hydroxyl groups is 2. The van der Waals surface area contributed by atoms with Crippen LogP contribution in [0.5, 0.6) is 0 Å². The van der Waals surface area contributed by atoms with E-state index in [-0.39, 0.29) is 6.61 Å². The Morgan fingerprint density at radius 1 is 0.778 bits per heavy atom. The fraction of sp³-hybridized carbons (Fsp3) is 0.214. The summed E-state index contributed by atoms with van der Waals surface area (Å²) >= 11 is 0. The highest BCUT2D eigenvalue weighted by atomic mass is 16.6. The molecule has 1 aliphatic heterocycles. The summed E-state index contributed by atoms with van der Waals surface area (Å²) in [6, 6.07) is 30.4. The van der Waals surface area contributed by atoms with E-state index in [0.29, 0.717) is 0 Å². The molecule has 1 fully saturated rings. The van der Waals surface area contributed by atoms with Gasteiger partial charge in [0, 0.05) is 12.3 Å². The highest BCUT2D eigenvalue weighted by molar-refractivity contribution is 5.47. The van der Waals surface area contributed by atoms with Gasteiger partial charge in [-0.1, -0.05) is 91.0 Å². The number of hydrogen-bond acceptors (Lipinski definition) is 6. The summed E-state index contributed by atoms with van der Waals surface area (Å²) < 4.78 is 13.6. The summed E-state index contributed by atoms with van der Waals surface area (Å²) in [6.45, 7) is -0.0918. The van der Waals surface area contributed by atoms with Gasteiger partial charge in [-0.3, -0.25) is 14.3 Å². The summed E-state index contributed by atoms with van der Waals surface area (Å²) in [5, 5.41) is 21.5. The van der Waals surface area contributed by atoms with E-state index in [4.69, 9.17) is 9.47 Å². The molecule has 2 heterocycles. The Balaban J connectivity index is 1.52. The maximum Gasteiger partial charge on any atom is 0.330 e. The normalized spacial score (nSPS) is 21.9. The topological polar surface area (TPSA) is 114 Å². The lowest BCUT2D eigenvalue weighted by atomic mass is 9.80. The van der Waals surface area contributed by atoms with Crippen molar-refractivity contribution in [3.05, 3.63) is 141 Å². The zero-order valence-electron chi connectivity index (χ0n) is 19.3. The van der Waals surface area contributed by atoms with Crippen LogP contribution in [0.1, 0.15) is 22.9 Å². The highest BCUT2D eigenvalue weighted by Gasteiger charge is 2.46. The van der Waals surface area contributed by atoms with Gasteiger partial charge >= 0.3 is 5.69 Å². The molecule has 36 heavy (non-hydrogen) atoms. The number of H-pyrrole nitrogens is 1. The Labute approximate surface area is 207 Å². The Hall–Kier alpha value is -3.82. The van der Waals surface area contributed by atoms with Crippen LogP contribution in [0.2, 0.25) is 0 Å². The smallest absolute Gasteiger partial charge is 0.330 e. The number of nitrogens with one attached hydrogen (secondary N) is 1. The van der Waals surface area contributed by atoms with Gasteiger partial charge in [0.1, 0.15) is 23.9 Å². The van der Waals surface area contributed by atoms with E-state index < -0.39 is 41.4 Å². The zero-order chi connectivity index (χ0) is 25.1. The van der Waals surface area contributed by atoms with Crippen LogP contribution < -0.4 is 11.2 Å². The quantitative estimate of drug-likeness (QED) is 0.345. The molecule has 0 saturated carbocycles. The molecule has 8 nitrogen and oxygen atoms in total. The van der Waals surface area contributed by atoms with Crippen molar-refractivity contribution in [1.29, 1.82) is 0 Å². The minimum Gasteiger partial charge on any atom is -0.387 e. The first kappa shape index (κ1) is 23.9. The Morgan fingerprint density at radius 2 is 1.28 bits per heavy atom. The second-order valence-corrected chi connectivity index (χ2v) is 8.65. The van der Waals surface area contributed by atoms with Gasteiger partial charge in [0.05, 0.1) is 6.61 Å². The molecule has 0 aliphatic carbocycles. The number of hydrogen-bond donors (Lipinski definition) is 3. The Kier molecular flexibility index (Phi) is 6.67. The van der Waals surface area contributed by atoms with E-state index in [0.717, 1.165) is 27.3 Å². The molecule has 184 valence electrons. The first-order valence-electron chi connectivity index (χ1n) is 11.6. The molecule has 5 rings (SSSR count). The standard InChI is InChI=1S/C28H26N2O6/c31-23-16-17-30(27(34)29-23)26-25(33)24(32)22(36-26)18-35-28(19-10-4-1-5-11-19,20-12-6-2-7-13-20)21-14-8-3-9-15-21/h1-17,22,24-26,32-33H,18H2,(H,29,31,34)/t22-,24-,25-,26+/m0/s1. The molecule has 0 radical (unpaired) electrons. The van der Waals surface area contributed by atoms with Crippen molar-refractivity contribution in [3.8, 4) is 0 Å². The summed E-state index contributed by atoms with van der Waals surface area (Å²) in [5.41, 5.74) is 0.289. The lowest BCUT2D eigenvalue weighted by Gasteiger charge is -2.37. The van der Waals surface area contributed by atoms with Gasteiger partial charge in [-0.05, 0) is 16.7 Å². The van der Waals surface area contributed by atoms with Crippen molar-refractivity contribution in [2.45, 2.75) is 30.1 Å². The van der Waals surface area contributed by atoms with Gasteiger partial charge in [0.2, 0.25) is 0 Å². The van der Waals surface area contributed by atoms with Crippen molar-refractivity contribution in [2.75, 3.05) is 6.61 Å². The lowest BCUT2D eigenvalue weighted by molar-refractivity contribution is -0.0958. The van der Waals surface area contributed by atoms with Crippen molar-refractivity contribution in [2.24, 2.45) is 0 Å². The first-order chi connectivity index (χ1) is 17.5. The molecular weight excluding hydrogens is 460 g/mol. The van der Waals surface area contributed by atoms with E-state index >= 15 is 0 Å². The fourth-order valence-corrected chi connectivity index (χ4v) is 4.70. The maximum atomic E-state index is 12.3. The van der Waals surface area contributed by atoms with Crippen molar-refractivity contribution in [3.63, 3.8) is 0 Å². The molecule has 1 saturated heterocycles. The molecule has 0 unspecified atom stereocenters. The number of aromatic amines is 1. The van der Waals surface area contributed by atoms with Gasteiger partial charge < -0.3 is 19.7 Å². The molecule has 0 spiro atoms. The van der Waals surface area contributed by atoms with Crippen molar-refractivity contribution < 1.29 is 19.7 Å². The second-order valence-electron chi connectivity index (χ2n) is 8.65. The largest absolute Gasteiger partial charge is 0.387 e. The Morgan fingerprint density at radius 3 is 1.75 bits per heavy atom. The van der Waals surface area contributed by atoms with Crippen LogP contribution in [0.25, 0.3) is 0 Å². The molecule has 4 atom stereocenters. The number of aromatic nitrogens is 2. The third-order valence-corrected chi connectivity index (χ3v) is 6.47. The molecule has 1 aliphatic rings. The first-order valence-corrected chi connectivity index (χ1v) is 11.6. The molecule has 8 heteroatoms.